The van der Waals surface area contributed by atoms with Crippen LogP contribution in [0, 0.1) is 0 Å². The van der Waals surface area contributed by atoms with Gasteiger partial charge < -0.3 is 14.6 Å². The first kappa shape index (κ1) is 12.5. The molecule has 0 unspecified atom stereocenters. The van der Waals surface area contributed by atoms with Gasteiger partial charge >= 0.3 is 0 Å². The molecule has 4 heteroatoms. The number of ether oxygens (including phenoxy) is 2. The Morgan fingerprint density at radius 3 is 2.50 bits per heavy atom. The summed E-state index contributed by atoms with van der Waals surface area (Å²) in [6, 6.07) is 5.19. The first-order chi connectivity index (χ1) is 7.83. The van der Waals surface area contributed by atoms with Crippen LogP contribution in [0.1, 0.15) is 23.2 Å². The van der Waals surface area contributed by atoms with Gasteiger partial charge in [0.25, 0.3) is 0 Å². The second-order valence-electron chi connectivity index (χ2n) is 3.35. The Hall–Kier alpha value is -1.55. The molecule has 1 saturated carbocycles. The topological polar surface area (TPSA) is 55.8 Å². The molecular weight excluding hydrogens is 208 g/mol. The zero-order valence-corrected chi connectivity index (χ0v) is 9.47. The van der Waals surface area contributed by atoms with E-state index >= 15 is 0 Å². The van der Waals surface area contributed by atoms with Crippen molar-refractivity contribution >= 4 is 6.29 Å². The maximum Gasteiger partial charge on any atom is 0.161 e. The third-order valence-corrected chi connectivity index (χ3v) is 2.14. The summed E-state index contributed by atoms with van der Waals surface area (Å²) >= 11 is 0. The maximum atomic E-state index is 10.5. The van der Waals surface area contributed by atoms with Gasteiger partial charge in [-0.1, -0.05) is 0 Å². The molecule has 0 aliphatic heterocycles. The molecule has 1 aliphatic rings. The Labute approximate surface area is 94.8 Å². The lowest BCUT2D eigenvalue weighted by atomic mass is 10.2. The molecule has 88 valence electrons. The van der Waals surface area contributed by atoms with E-state index in [2.05, 4.69) is 0 Å². The number of carbonyl (C=O) groups excluding carboxylic acids is 1. The SMILES string of the molecule is CO.COc1cc(C=O)ccc1OC1CC1. The fourth-order valence-corrected chi connectivity index (χ4v) is 1.22. The molecular formula is C12H16O4. The zero-order valence-electron chi connectivity index (χ0n) is 9.47. The minimum atomic E-state index is 0.339. The van der Waals surface area contributed by atoms with E-state index in [-0.39, 0.29) is 0 Å². The lowest BCUT2D eigenvalue weighted by Crippen LogP contribution is -1.98. The molecule has 0 radical (unpaired) electrons. The molecule has 0 saturated heterocycles. The van der Waals surface area contributed by atoms with E-state index in [1.807, 2.05) is 0 Å². The van der Waals surface area contributed by atoms with Gasteiger partial charge in [0.05, 0.1) is 13.2 Å². The van der Waals surface area contributed by atoms with Crippen molar-refractivity contribution in [2.24, 2.45) is 0 Å². The van der Waals surface area contributed by atoms with Crippen molar-refractivity contribution in [2.45, 2.75) is 18.9 Å². The lowest BCUT2D eigenvalue weighted by Gasteiger charge is -2.09. The number of aldehydes is 1. The number of carbonyl (C=O) groups is 1. The second kappa shape index (κ2) is 6.12. The van der Waals surface area contributed by atoms with Crippen molar-refractivity contribution < 1.29 is 19.4 Å². The maximum absolute atomic E-state index is 10.5. The summed E-state index contributed by atoms with van der Waals surface area (Å²) in [4.78, 5) is 10.5. The van der Waals surface area contributed by atoms with Crippen LogP contribution in [0.4, 0.5) is 0 Å². The van der Waals surface area contributed by atoms with E-state index in [1.165, 1.54) is 0 Å². The number of aliphatic hydroxyl groups is 1. The first-order valence-electron chi connectivity index (χ1n) is 5.08. The van der Waals surface area contributed by atoms with Crippen molar-refractivity contribution in [3.63, 3.8) is 0 Å². The lowest BCUT2D eigenvalue weighted by molar-refractivity contribution is 0.112. The number of benzene rings is 1. The Kier molecular flexibility index (Phi) is 4.79. The van der Waals surface area contributed by atoms with Crippen LogP contribution < -0.4 is 9.47 Å². The number of hydrogen-bond donors (Lipinski definition) is 1. The summed E-state index contributed by atoms with van der Waals surface area (Å²) in [6.07, 6.45) is 3.35. The zero-order chi connectivity index (χ0) is 12.0. The van der Waals surface area contributed by atoms with Crippen LogP contribution in [-0.4, -0.2) is 31.7 Å². The van der Waals surface area contributed by atoms with Crippen molar-refractivity contribution in [2.75, 3.05) is 14.2 Å². The summed E-state index contributed by atoms with van der Waals surface area (Å²) in [7, 11) is 2.57. The van der Waals surface area contributed by atoms with Crippen LogP contribution in [0.25, 0.3) is 0 Å². The molecule has 0 bridgehead atoms. The van der Waals surface area contributed by atoms with Gasteiger partial charge in [-0.2, -0.15) is 0 Å². The van der Waals surface area contributed by atoms with Crippen LogP contribution in [0.2, 0.25) is 0 Å². The molecule has 16 heavy (non-hydrogen) atoms. The van der Waals surface area contributed by atoms with Gasteiger partial charge in [0.15, 0.2) is 11.5 Å². The predicted molar refractivity (Wildman–Crippen MR) is 60.2 cm³/mol. The highest BCUT2D eigenvalue weighted by Crippen LogP contribution is 2.33. The van der Waals surface area contributed by atoms with Crippen molar-refractivity contribution in [1.29, 1.82) is 0 Å². The molecule has 1 aromatic carbocycles. The summed E-state index contributed by atoms with van der Waals surface area (Å²) in [5, 5.41) is 7.00. The third kappa shape index (κ3) is 3.24. The van der Waals surface area contributed by atoms with Crippen molar-refractivity contribution in [1.82, 2.24) is 0 Å². The van der Waals surface area contributed by atoms with Gasteiger partial charge in [0, 0.05) is 12.7 Å². The summed E-state index contributed by atoms with van der Waals surface area (Å²) < 4.78 is 10.7. The monoisotopic (exact) mass is 224 g/mol. The van der Waals surface area contributed by atoms with E-state index in [9.17, 15) is 4.79 Å². The van der Waals surface area contributed by atoms with Crippen molar-refractivity contribution in [3.05, 3.63) is 23.8 Å². The largest absolute Gasteiger partial charge is 0.493 e. The van der Waals surface area contributed by atoms with Crippen LogP contribution in [0.3, 0.4) is 0 Å². The van der Waals surface area contributed by atoms with E-state index in [0.29, 0.717) is 17.4 Å². The van der Waals surface area contributed by atoms with Crippen LogP contribution in [0.15, 0.2) is 18.2 Å². The number of aliphatic hydroxyl groups excluding tert-OH is 1. The van der Waals surface area contributed by atoms with Crippen molar-refractivity contribution in [3.8, 4) is 11.5 Å². The highest BCUT2D eigenvalue weighted by molar-refractivity contribution is 5.76. The number of hydrogen-bond acceptors (Lipinski definition) is 4. The summed E-state index contributed by atoms with van der Waals surface area (Å²) in [5.74, 6) is 1.35. The van der Waals surface area contributed by atoms with E-state index < -0.39 is 0 Å². The Bertz CT molecular complexity index is 345. The standard InChI is InChI=1S/C11H12O3.CH4O/c1-13-11-6-8(7-12)2-5-10(11)14-9-3-4-9;1-2/h2,5-7,9H,3-4H2,1H3;2H,1H3. The molecule has 1 aromatic rings. The van der Waals surface area contributed by atoms with Gasteiger partial charge in [-0.15, -0.1) is 0 Å². The van der Waals surface area contributed by atoms with Crippen LogP contribution in [-0.2, 0) is 0 Å². The summed E-state index contributed by atoms with van der Waals surface area (Å²) in [6.45, 7) is 0. The minimum absolute atomic E-state index is 0.339. The molecule has 0 aromatic heterocycles. The highest BCUT2D eigenvalue weighted by Gasteiger charge is 2.24. The average Bonchev–Trinajstić information content (AvgIpc) is 3.16. The molecule has 2 rings (SSSR count). The van der Waals surface area contributed by atoms with E-state index in [1.54, 1.807) is 25.3 Å². The minimum Gasteiger partial charge on any atom is -0.493 e. The van der Waals surface area contributed by atoms with E-state index in [0.717, 1.165) is 32.0 Å². The first-order valence-corrected chi connectivity index (χ1v) is 5.08. The quantitative estimate of drug-likeness (QED) is 0.790. The normalized spacial score (nSPS) is 13.4. The van der Waals surface area contributed by atoms with E-state index in [4.69, 9.17) is 14.6 Å². The van der Waals surface area contributed by atoms with Crippen LogP contribution in [0.5, 0.6) is 11.5 Å². The smallest absolute Gasteiger partial charge is 0.161 e. The Morgan fingerprint density at radius 1 is 1.31 bits per heavy atom. The summed E-state index contributed by atoms with van der Waals surface area (Å²) in [5.41, 5.74) is 0.602. The van der Waals surface area contributed by atoms with Gasteiger partial charge in [0.1, 0.15) is 6.29 Å². The fourth-order valence-electron chi connectivity index (χ4n) is 1.22. The fraction of sp³-hybridized carbons (Fsp3) is 0.417. The second-order valence-corrected chi connectivity index (χ2v) is 3.35. The predicted octanol–water partition coefficient (Wildman–Crippen LogP) is 1.66. The van der Waals surface area contributed by atoms with Gasteiger partial charge in [-0.3, -0.25) is 4.79 Å². The third-order valence-electron chi connectivity index (χ3n) is 2.14. The molecule has 1 aliphatic carbocycles. The van der Waals surface area contributed by atoms with Gasteiger partial charge in [-0.05, 0) is 31.0 Å². The molecule has 0 atom stereocenters. The van der Waals surface area contributed by atoms with Gasteiger partial charge in [0.2, 0.25) is 0 Å². The molecule has 1 N–H and O–H groups in total. The molecule has 0 spiro atoms. The average molecular weight is 224 g/mol. The highest BCUT2D eigenvalue weighted by atomic mass is 16.5. The molecule has 0 amide bonds. The Morgan fingerprint density at radius 2 is 2.00 bits per heavy atom. The Balaban J connectivity index is 0.000000606. The van der Waals surface area contributed by atoms with Crippen LogP contribution >= 0.6 is 0 Å². The number of methoxy groups -OCH3 is 1. The van der Waals surface area contributed by atoms with Gasteiger partial charge in [-0.25, -0.2) is 0 Å². The molecule has 1 fully saturated rings. The number of rotatable bonds is 4. The molecule has 4 nitrogen and oxygen atoms in total. The molecule has 0 heterocycles.